The molecule has 0 fully saturated rings. The molecule has 0 saturated carbocycles. The molecule has 2 aliphatic rings. The van der Waals surface area contributed by atoms with Crippen LogP contribution in [-0.4, -0.2) is 11.1 Å². The van der Waals surface area contributed by atoms with Crippen molar-refractivity contribution in [3.8, 4) is 22.6 Å². The zero-order chi connectivity index (χ0) is 18.1. The second-order valence-corrected chi connectivity index (χ2v) is 6.73. The predicted octanol–water partition coefficient (Wildman–Crippen LogP) is 5.46. The molecule has 1 N–H and O–H groups in total. The fourth-order valence-electron chi connectivity index (χ4n) is 3.07. The number of carbonyl (C=O) groups is 1. The van der Waals surface area contributed by atoms with Gasteiger partial charge in [-0.25, -0.2) is 4.79 Å². The first-order valence-corrected chi connectivity index (χ1v) is 8.42. The number of esters is 1. The van der Waals surface area contributed by atoms with Crippen LogP contribution in [0.1, 0.15) is 46.8 Å². The summed E-state index contributed by atoms with van der Waals surface area (Å²) >= 11 is 0. The van der Waals surface area contributed by atoms with Crippen LogP contribution in [0.2, 0.25) is 0 Å². The van der Waals surface area contributed by atoms with Crippen LogP contribution in [0.5, 0.6) is 11.5 Å². The molecule has 0 aliphatic heterocycles. The molecule has 3 heteroatoms. The minimum Gasteiger partial charge on any atom is -0.508 e. The molecule has 1 aromatic carbocycles. The minimum atomic E-state index is -0.413. The van der Waals surface area contributed by atoms with E-state index in [9.17, 15) is 9.90 Å². The Morgan fingerprint density at radius 3 is 2.44 bits per heavy atom. The van der Waals surface area contributed by atoms with E-state index in [-0.39, 0.29) is 5.75 Å². The Morgan fingerprint density at radius 1 is 1.00 bits per heavy atom. The topological polar surface area (TPSA) is 46.5 Å². The van der Waals surface area contributed by atoms with Gasteiger partial charge in [-0.15, -0.1) is 0 Å². The highest BCUT2D eigenvalue weighted by Crippen LogP contribution is 2.36. The summed E-state index contributed by atoms with van der Waals surface area (Å²) in [6.45, 7) is 8.34. The third kappa shape index (κ3) is 3.36. The Morgan fingerprint density at radius 2 is 1.76 bits per heavy atom. The van der Waals surface area contributed by atoms with Crippen molar-refractivity contribution in [2.75, 3.05) is 0 Å². The normalized spacial score (nSPS) is 11.1. The van der Waals surface area contributed by atoms with E-state index in [1.54, 1.807) is 12.1 Å². The molecule has 0 spiro atoms. The summed E-state index contributed by atoms with van der Waals surface area (Å²) in [5.74, 6) is 0.395. The SMILES string of the molecule is Cc1cc(C(=O)Oc2cccc(O)c2)c2c(C)ccc(C(C)C)cc1-2. The fraction of sp³-hybridized carbons (Fsp3) is 0.227. The van der Waals surface area contributed by atoms with E-state index in [1.807, 2.05) is 19.9 Å². The van der Waals surface area contributed by atoms with Gasteiger partial charge in [-0.2, -0.15) is 0 Å². The van der Waals surface area contributed by atoms with Gasteiger partial charge in [0.05, 0.1) is 5.56 Å². The maximum atomic E-state index is 12.7. The van der Waals surface area contributed by atoms with E-state index < -0.39 is 5.97 Å². The van der Waals surface area contributed by atoms with Crippen molar-refractivity contribution in [1.29, 1.82) is 0 Å². The van der Waals surface area contributed by atoms with Crippen molar-refractivity contribution in [3.63, 3.8) is 0 Å². The van der Waals surface area contributed by atoms with Crippen molar-refractivity contribution in [2.24, 2.45) is 0 Å². The average molecular weight is 334 g/mol. The minimum absolute atomic E-state index is 0.0676. The van der Waals surface area contributed by atoms with Gasteiger partial charge in [-0.1, -0.05) is 38.1 Å². The average Bonchev–Trinajstić information content (AvgIpc) is 2.76. The highest BCUT2D eigenvalue weighted by molar-refractivity contribution is 6.02. The smallest absolute Gasteiger partial charge is 0.344 e. The van der Waals surface area contributed by atoms with Gasteiger partial charge in [0, 0.05) is 6.07 Å². The summed E-state index contributed by atoms with van der Waals surface area (Å²) in [6, 6.07) is 14.5. The Labute approximate surface area is 148 Å². The number of hydrogen-bond donors (Lipinski definition) is 1. The summed E-state index contributed by atoms with van der Waals surface area (Å²) in [5.41, 5.74) is 5.89. The molecule has 0 atom stereocenters. The van der Waals surface area contributed by atoms with Crippen LogP contribution in [-0.2, 0) is 0 Å². The van der Waals surface area contributed by atoms with Crippen LogP contribution in [0.25, 0.3) is 11.1 Å². The molecule has 2 aliphatic carbocycles. The van der Waals surface area contributed by atoms with Crippen molar-refractivity contribution in [1.82, 2.24) is 0 Å². The van der Waals surface area contributed by atoms with E-state index in [0.717, 1.165) is 22.3 Å². The van der Waals surface area contributed by atoms with Crippen molar-refractivity contribution in [3.05, 3.63) is 70.8 Å². The van der Waals surface area contributed by atoms with E-state index in [1.165, 1.54) is 17.7 Å². The first-order chi connectivity index (χ1) is 11.9. The van der Waals surface area contributed by atoms with Gasteiger partial charge < -0.3 is 9.84 Å². The van der Waals surface area contributed by atoms with Gasteiger partial charge in [0.2, 0.25) is 0 Å². The second kappa shape index (κ2) is 6.60. The summed E-state index contributed by atoms with van der Waals surface area (Å²) in [5, 5.41) is 9.54. The number of ether oxygens (including phenoxy) is 1. The Balaban J connectivity index is 2.05. The zero-order valence-electron chi connectivity index (χ0n) is 15.0. The summed E-state index contributed by atoms with van der Waals surface area (Å²) < 4.78 is 5.47. The second-order valence-electron chi connectivity index (χ2n) is 6.73. The maximum Gasteiger partial charge on any atom is 0.344 e. The lowest BCUT2D eigenvalue weighted by Gasteiger charge is -2.07. The molecule has 25 heavy (non-hydrogen) atoms. The lowest BCUT2D eigenvalue weighted by Crippen LogP contribution is -2.08. The number of fused-ring (bicyclic) bond motifs is 1. The number of aromatic hydroxyl groups is 1. The van der Waals surface area contributed by atoms with E-state index in [0.29, 0.717) is 17.2 Å². The first kappa shape index (κ1) is 17.0. The molecule has 128 valence electrons. The van der Waals surface area contributed by atoms with Crippen LogP contribution in [0.15, 0.2) is 48.5 Å². The number of phenolic OH excluding ortho intramolecular Hbond substituents is 1. The standard InChI is InChI=1S/C22H22O3/c1-13(2)16-9-8-14(3)21-19(11-16)15(4)10-20(21)22(24)25-18-7-5-6-17(23)12-18/h5-13,23H,1-4H3. The summed E-state index contributed by atoms with van der Waals surface area (Å²) in [7, 11) is 0. The van der Waals surface area contributed by atoms with Crippen LogP contribution in [0, 0.1) is 13.8 Å². The van der Waals surface area contributed by atoms with Gasteiger partial charge in [0.1, 0.15) is 11.5 Å². The Kier molecular flexibility index (Phi) is 4.49. The predicted molar refractivity (Wildman–Crippen MR) is 99.7 cm³/mol. The number of phenols is 1. The third-order valence-corrected chi connectivity index (χ3v) is 4.47. The van der Waals surface area contributed by atoms with Crippen molar-refractivity contribution < 1.29 is 14.6 Å². The first-order valence-electron chi connectivity index (χ1n) is 8.42. The number of rotatable bonds is 3. The number of benzene rings is 1. The molecule has 0 aromatic heterocycles. The van der Waals surface area contributed by atoms with Crippen molar-refractivity contribution in [2.45, 2.75) is 33.6 Å². The largest absolute Gasteiger partial charge is 0.508 e. The lowest BCUT2D eigenvalue weighted by molar-refractivity contribution is 0.0735. The third-order valence-electron chi connectivity index (χ3n) is 4.47. The Bertz CT molecular complexity index is 909. The molecular weight excluding hydrogens is 312 g/mol. The van der Waals surface area contributed by atoms with Crippen molar-refractivity contribution >= 4 is 5.97 Å². The molecule has 3 rings (SSSR count). The van der Waals surface area contributed by atoms with Crippen LogP contribution in [0.3, 0.4) is 0 Å². The highest BCUT2D eigenvalue weighted by atomic mass is 16.5. The molecule has 0 unspecified atom stereocenters. The van der Waals surface area contributed by atoms with Crippen LogP contribution in [0.4, 0.5) is 0 Å². The molecule has 3 nitrogen and oxygen atoms in total. The summed E-state index contributed by atoms with van der Waals surface area (Å²) in [4.78, 5) is 12.7. The van der Waals surface area contributed by atoms with E-state index in [2.05, 4.69) is 32.0 Å². The molecule has 0 heterocycles. The Hall–Kier alpha value is -2.81. The van der Waals surface area contributed by atoms with Gasteiger partial charge in [0.15, 0.2) is 0 Å². The number of hydrogen-bond acceptors (Lipinski definition) is 3. The quantitative estimate of drug-likeness (QED) is 0.511. The number of carbonyl (C=O) groups excluding carboxylic acids is 1. The zero-order valence-corrected chi connectivity index (χ0v) is 15.0. The lowest BCUT2D eigenvalue weighted by atomic mass is 10.0. The molecule has 0 saturated heterocycles. The van der Waals surface area contributed by atoms with Gasteiger partial charge in [-0.05, 0) is 65.8 Å². The van der Waals surface area contributed by atoms with Gasteiger partial charge in [-0.3, -0.25) is 0 Å². The maximum absolute atomic E-state index is 12.7. The molecule has 0 radical (unpaired) electrons. The molecular formula is C22H22O3. The van der Waals surface area contributed by atoms with Gasteiger partial charge >= 0.3 is 5.97 Å². The molecule has 0 amide bonds. The fourth-order valence-corrected chi connectivity index (χ4v) is 3.07. The van der Waals surface area contributed by atoms with Crippen LogP contribution < -0.4 is 4.74 Å². The van der Waals surface area contributed by atoms with E-state index in [4.69, 9.17) is 4.74 Å². The summed E-state index contributed by atoms with van der Waals surface area (Å²) in [6.07, 6.45) is 0. The van der Waals surface area contributed by atoms with Gasteiger partial charge in [0.25, 0.3) is 0 Å². The van der Waals surface area contributed by atoms with Crippen LogP contribution >= 0.6 is 0 Å². The molecule has 1 aromatic rings. The highest BCUT2D eigenvalue weighted by Gasteiger charge is 2.22. The monoisotopic (exact) mass is 334 g/mol. The van der Waals surface area contributed by atoms with E-state index >= 15 is 0 Å². The molecule has 0 bridgehead atoms. The number of aryl methyl sites for hydroxylation is 2.